The van der Waals surface area contributed by atoms with E-state index in [9.17, 15) is 23.8 Å². The van der Waals surface area contributed by atoms with Gasteiger partial charge in [0.1, 0.15) is 13.2 Å². The molecule has 0 saturated heterocycles. The van der Waals surface area contributed by atoms with Crippen LogP contribution in [0.4, 0.5) is 0 Å². The first kappa shape index (κ1) is 64.7. The smallest absolute Gasteiger partial charge is 0.756 e. The molecule has 0 spiro atoms. The molecule has 0 aliphatic rings. The summed E-state index contributed by atoms with van der Waals surface area (Å²) < 4.78 is 43.2. The summed E-state index contributed by atoms with van der Waals surface area (Å²) in [5.41, 5.74) is 0. The minimum absolute atomic E-state index is 0. The third-order valence-electron chi connectivity index (χ3n) is 10.5. The third kappa shape index (κ3) is 50.3. The number of carbonyl (C=O) groups is 3. The van der Waals surface area contributed by atoms with Crippen molar-refractivity contribution in [2.45, 2.75) is 225 Å². The van der Waals surface area contributed by atoms with E-state index in [-0.39, 0.29) is 81.5 Å². The summed E-state index contributed by atoms with van der Waals surface area (Å²) in [6.07, 6.45) is 36.1. The molecule has 0 fully saturated rings. The Bertz CT molecular complexity index is 1010. The number of nitrogens with one attached hydrogen (secondary N) is 1. The summed E-state index contributed by atoms with van der Waals surface area (Å²) in [4.78, 5) is 49.5. The zero-order valence-electron chi connectivity index (χ0n) is 39.8. The van der Waals surface area contributed by atoms with Crippen LogP contribution in [0.15, 0.2) is 0 Å². The third-order valence-corrected chi connectivity index (χ3v) is 11.4. The topological polar surface area (TPSA) is 194 Å². The molecule has 0 rings (SSSR count). The Morgan fingerprint density at radius 1 is 0.541 bits per heavy atom. The second kappa shape index (κ2) is 50.4. The van der Waals surface area contributed by atoms with E-state index in [0.717, 1.165) is 38.5 Å². The maximum atomic E-state index is 12.7. The fourth-order valence-electron chi connectivity index (χ4n) is 6.82. The van der Waals surface area contributed by atoms with Crippen molar-refractivity contribution in [3.8, 4) is 0 Å². The Labute approximate surface area is 395 Å². The van der Waals surface area contributed by atoms with Gasteiger partial charge in [0.05, 0.1) is 26.4 Å². The van der Waals surface area contributed by atoms with Crippen LogP contribution in [0, 0.1) is 0 Å². The number of esters is 2. The average molecular weight is 903 g/mol. The van der Waals surface area contributed by atoms with Gasteiger partial charge in [0, 0.05) is 26.5 Å². The molecule has 13 nitrogen and oxygen atoms in total. The van der Waals surface area contributed by atoms with E-state index < -0.39 is 38.4 Å². The van der Waals surface area contributed by atoms with Gasteiger partial charge in [-0.2, -0.15) is 0 Å². The van der Waals surface area contributed by atoms with E-state index in [0.29, 0.717) is 19.4 Å². The van der Waals surface area contributed by atoms with Gasteiger partial charge in [-0.25, -0.2) is 0 Å². The first-order valence-corrected chi connectivity index (χ1v) is 25.5. The van der Waals surface area contributed by atoms with Crippen molar-refractivity contribution in [2.24, 2.45) is 0 Å². The fourth-order valence-corrected chi connectivity index (χ4v) is 7.56. The molecule has 0 aromatic rings. The van der Waals surface area contributed by atoms with Gasteiger partial charge in [0.2, 0.25) is 5.91 Å². The van der Waals surface area contributed by atoms with Crippen molar-refractivity contribution in [3.63, 3.8) is 0 Å². The van der Waals surface area contributed by atoms with Crippen LogP contribution >= 0.6 is 7.82 Å². The minimum Gasteiger partial charge on any atom is -0.756 e. The Hall–Kier alpha value is -0.600. The second-order valence-electron chi connectivity index (χ2n) is 16.2. The number of hydrogen-bond acceptors (Lipinski definition) is 12. The van der Waals surface area contributed by atoms with Crippen molar-refractivity contribution in [1.82, 2.24) is 11.5 Å². The first-order valence-electron chi connectivity index (χ1n) is 24.0. The van der Waals surface area contributed by atoms with E-state index in [4.69, 9.17) is 28.0 Å². The molecule has 358 valence electrons. The van der Waals surface area contributed by atoms with Gasteiger partial charge < -0.3 is 44.4 Å². The molecule has 0 aromatic heterocycles. The molecular formula is C46H92N2NaO11P. The molecule has 61 heavy (non-hydrogen) atoms. The minimum atomic E-state index is -4.81. The number of ether oxygens (including phenoxy) is 4. The summed E-state index contributed by atoms with van der Waals surface area (Å²) >= 11 is 0. The number of unbranched alkanes of at least 4 members (excludes halogenated alkanes) is 28. The molecule has 4 N–H and O–H groups in total. The van der Waals surface area contributed by atoms with Crippen LogP contribution < -0.4 is 45.9 Å². The van der Waals surface area contributed by atoms with Crippen molar-refractivity contribution in [2.75, 3.05) is 53.3 Å². The second-order valence-corrected chi connectivity index (χ2v) is 17.6. The summed E-state index contributed by atoms with van der Waals surface area (Å²) in [5, 5.41) is 2.49. The fraction of sp³-hybridized carbons (Fsp3) is 0.935. The normalized spacial score (nSPS) is 12.5. The van der Waals surface area contributed by atoms with Gasteiger partial charge >= 0.3 is 41.5 Å². The van der Waals surface area contributed by atoms with Crippen LogP contribution in [0.3, 0.4) is 0 Å². The van der Waals surface area contributed by atoms with Gasteiger partial charge in [-0.05, 0) is 12.8 Å². The molecule has 0 heterocycles. The maximum absolute atomic E-state index is 12.7. The van der Waals surface area contributed by atoms with Gasteiger partial charge in [-0.1, -0.05) is 194 Å². The molecule has 0 aliphatic carbocycles. The number of phosphoric ester groups is 1. The van der Waals surface area contributed by atoms with Crippen molar-refractivity contribution >= 4 is 25.7 Å². The van der Waals surface area contributed by atoms with E-state index in [1.807, 2.05) is 0 Å². The number of carbonyl (C=O) groups excluding carboxylic acids is 3. The maximum Gasteiger partial charge on any atom is 1.00 e. The van der Waals surface area contributed by atoms with Crippen LogP contribution in [0.2, 0.25) is 0 Å². The van der Waals surface area contributed by atoms with Crippen LogP contribution in [0.25, 0.3) is 0 Å². The molecule has 0 aliphatic heterocycles. The monoisotopic (exact) mass is 903 g/mol. The van der Waals surface area contributed by atoms with Gasteiger partial charge in [-0.15, -0.1) is 0 Å². The number of methoxy groups -OCH3 is 1. The molecule has 15 heteroatoms. The van der Waals surface area contributed by atoms with Gasteiger partial charge in [0.25, 0.3) is 7.82 Å². The SMILES string of the molecule is CCCCCCCCCCCCCCCCCC(=O)OC[C@H](COP(=O)([O-])OCCNC(=O)COCCOC)OC(=O)CCCCCCCCCCCCCCCCC.N.[Na+]. The average Bonchev–Trinajstić information content (AvgIpc) is 3.22. The van der Waals surface area contributed by atoms with Crippen LogP contribution in [-0.4, -0.2) is 77.2 Å². The van der Waals surface area contributed by atoms with E-state index in [1.54, 1.807) is 0 Å². The Balaban J connectivity index is -0.0000168. The molecule has 0 bridgehead atoms. The zero-order valence-corrected chi connectivity index (χ0v) is 42.7. The van der Waals surface area contributed by atoms with Gasteiger partial charge in [-0.3, -0.25) is 18.9 Å². The van der Waals surface area contributed by atoms with Crippen molar-refractivity contribution in [3.05, 3.63) is 0 Å². The van der Waals surface area contributed by atoms with E-state index in [1.165, 1.54) is 148 Å². The molecule has 2 atom stereocenters. The summed E-state index contributed by atoms with van der Waals surface area (Å²) in [7, 11) is -3.29. The summed E-state index contributed by atoms with van der Waals surface area (Å²) in [6, 6.07) is 0. The predicted molar refractivity (Wildman–Crippen MR) is 240 cm³/mol. The summed E-state index contributed by atoms with van der Waals surface area (Å²) in [5.74, 6) is -1.35. The zero-order chi connectivity index (χ0) is 43.3. The van der Waals surface area contributed by atoms with E-state index in [2.05, 4.69) is 19.2 Å². The van der Waals surface area contributed by atoms with Crippen molar-refractivity contribution in [1.29, 1.82) is 0 Å². The number of rotatable bonds is 47. The van der Waals surface area contributed by atoms with Crippen LogP contribution in [0.1, 0.15) is 219 Å². The molecule has 1 unspecified atom stereocenters. The summed E-state index contributed by atoms with van der Waals surface area (Å²) in [6.45, 7) is 3.59. The molecule has 0 radical (unpaired) electrons. The Kier molecular flexibility index (Phi) is 53.4. The standard InChI is InChI=1S/C46H90NO11P.H3N.Na/c1-4-6-8-10-12-14-16-18-20-22-24-26-28-30-32-34-45(49)55-40-43(41-57-59(51,52)56-37-36-47-44(48)42-54-39-38-53-3)58-46(50)35-33-31-29-27-25-23-21-19-17-15-13-11-9-7-5-2;;/h43H,4-42H2,1-3H3,(H,47,48)(H,51,52);1H3;/q;;+1/p-1/t43-;;/m1../s1. The van der Waals surface area contributed by atoms with Crippen molar-refractivity contribution < 1.29 is 81.4 Å². The molecule has 0 saturated carbocycles. The number of phosphoric acid groups is 1. The first-order chi connectivity index (χ1) is 28.7. The largest absolute Gasteiger partial charge is 1.00 e. The Morgan fingerprint density at radius 3 is 1.34 bits per heavy atom. The number of amides is 1. The predicted octanol–water partition coefficient (Wildman–Crippen LogP) is 8.41. The Morgan fingerprint density at radius 2 is 0.934 bits per heavy atom. The quantitative estimate of drug-likeness (QED) is 0.0257. The number of hydrogen-bond donors (Lipinski definition) is 2. The van der Waals surface area contributed by atoms with E-state index >= 15 is 0 Å². The molecule has 0 aromatic carbocycles. The van der Waals surface area contributed by atoms with Crippen LogP contribution in [-0.2, 0) is 46.9 Å². The van der Waals surface area contributed by atoms with Crippen LogP contribution in [0.5, 0.6) is 0 Å². The molecular weight excluding hydrogens is 810 g/mol. The van der Waals surface area contributed by atoms with Gasteiger partial charge in [0.15, 0.2) is 6.10 Å². The molecule has 1 amide bonds.